The van der Waals surface area contributed by atoms with Crippen molar-refractivity contribution in [2.24, 2.45) is 29.6 Å². The Morgan fingerprint density at radius 2 is 1.95 bits per heavy atom. The number of piperidine rings is 1. The van der Waals surface area contributed by atoms with E-state index < -0.39 is 0 Å². The Kier molecular flexibility index (Phi) is 3.29. The summed E-state index contributed by atoms with van der Waals surface area (Å²) in [4.78, 5) is 15.3. The summed E-state index contributed by atoms with van der Waals surface area (Å²) in [7, 11) is 0. The number of carbonyl (C=O) groups excluding carboxylic acids is 1. The molecular weight excluding hydrogens is 248 g/mol. The first-order chi connectivity index (χ1) is 9.81. The van der Waals surface area contributed by atoms with Crippen molar-refractivity contribution in [1.82, 2.24) is 10.2 Å². The molecule has 0 aromatic carbocycles. The van der Waals surface area contributed by atoms with Crippen LogP contribution in [-0.2, 0) is 4.79 Å². The lowest BCUT2D eigenvalue weighted by Crippen LogP contribution is -2.50. The van der Waals surface area contributed by atoms with E-state index >= 15 is 0 Å². The number of carbonyl (C=O) groups is 1. The Bertz CT molecular complexity index is 374. The van der Waals surface area contributed by atoms with Crippen molar-refractivity contribution >= 4 is 5.91 Å². The smallest absolute Gasteiger partial charge is 0.226 e. The number of fused-ring (bicyclic) bond motifs is 5. The van der Waals surface area contributed by atoms with Gasteiger partial charge in [0.2, 0.25) is 5.91 Å². The normalized spacial score (nSPS) is 45.2. The Morgan fingerprint density at radius 1 is 1.20 bits per heavy atom. The second kappa shape index (κ2) is 5.01. The molecular formula is C17H28N2O. The SMILES string of the molecule is CCCN(C(=O)C1C2C3CCC(C3)C12)C1CCCNC1. The molecule has 3 heteroatoms. The van der Waals surface area contributed by atoms with Gasteiger partial charge in [-0.3, -0.25) is 4.79 Å². The zero-order valence-electron chi connectivity index (χ0n) is 12.7. The third kappa shape index (κ3) is 1.93. The molecule has 20 heavy (non-hydrogen) atoms. The standard InChI is InChI=1S/C17H28N2O/c1-2-8-19(13-4-3-7-18-10-13)17(20)16-14-11-5-6-12(9-11)15(14)16/h11-16,18H,2-10H2,1H3. The largest absolute Gasteiger partial charge is 0.338 e. The van der Waals surface area contributed by atoms with E-state index in [9.17, 15) is 4.79 Å². The second-order valence-corrected chi connectivity index (χ2v) is 7.55. The maximum Gasteiger partial charge on any atom is 0.226 e. The van der Waals surface area contributed by atoms with Crippen LogP contribution in [-0.4, -0.2) is 36.5 Å². The van der Waals surface area contributed by atoms with Crippen molar-refractivity contribution in [3.63, 3.8) is 0 Å². The maximum absolute atomic E-state index is 13.0. The molecule has 3 saturated carbocycles. The molecule has 4 aliphatic rings. The zero-order valence-corrected chi connectivity index (χ0v) is 12.7. The zero-order chi connectivity index (χ0) is 13.7. The van der Waals surface area contributed by atoms with Crippen molar-refractivity contribution in [2.75, 3.05) is 19.6 Å². The highest BCUT2D eigenvalue weighted by molar-refractivity contribution is 5.83. The fraction of sp³-hybridized carbons (Fsp3) is 0.941. The van der Waals surface area contributed by atoms with Gasteiger partial charge < -0.3 is 10.2 Å². The van der Waals surface area contributed by atoms with Gasteiger partial charge in [-0.15, -0.1) is 0 Å². The maximum atomic E-state index is 13.0. The van der Waals surface area contributed by atoms with E-state index in [-0.39, 0.29) is 0 Å². The Balaban J connectivity index is 1.45. The van der Waals surface area contributed by atoms with Gasteiger partial charge in [-0.25, -0.2) is 0 Å². The summed E-state index contributed by atoms with van der Waals surface area (Å²) in [6.45, 7) is 5.31. The summed E-state index contributed by atoms with van der Waals surface area (Å²) in [5.74, 6) is 4.34. The predicted molar refractivity (Wildman–Crippen MR) is 79.2 cm³/mol. The Labute approximate surface area is 122 Å². The van der Waals surface area contributed by atoms with E-state index in [1.54, 1.807) is 0 Å². The van der Waals surface area contributed by atoms with Crippen LogP contribution >= 0.6 is 0 Å². The minimum absolute atomic E-state index is 0.426. The van der Waals surface area contributed by atoms with Crippen molar-refractivity contribution in [3.05, 3.63) is 0 Å². The number of hydrogen-bond donors (Lipinski definition) is 1. The van der Waals surface area contributed by atoms with Crippen molar-refractivity contribution in [3.8, 4) is 0 Å². The van der Waals surface area contributed by atoms with E-state index in [1.165, 1.54) is 32.1 Å². The molecule has 4 rings (SSSR count). The topological polar surface area (TPSA) is 32.3 Å². The molecule has 0 aromatic rings. The molecule has 1 heterocycles. The fourth-order valence-electron chi connectivity index (χ4n) is 5.66. The lowest BCUT2D eigenvalue weighted by atomic mass is 9.99. The summed E-state index contributed by atoms with van der Waals surface area (Å²) in [6, 6.07) is 0.468. The van der Waals surface area contributed by atoms with Gasteiger partial charge in [-0.2, -0.15) is 0 Å². The van der Waals surface area contributed by atoms with Crippen LogP contribution in [0.3, 0.4) is 0 Å². The van der Waals surface area contributed by atoms with Crippen LogP contribution in [0.4, 0.5) is 0 Å². The lowest BCUT2D eigenvalue weighted by molar-refractivity contribution is -0.136. The molecule has 4 fully saturated rings. The third-order valence-electron chi connectivity index (χ3n) is 6.48. The molecule has 1 N–H and O–H groups in total. The molecule has 3 aliphatic carbocycles. The highest BCUT2D eigenvalue weighted by Crippen LogP contribution is 2.69. The first-order valence-corrected chi connectivity index (χ1v) is 8.82. The predicted octanol–water partition coefficient (Wildman–Crippen LogP) is 2.27. The van der Waals surface area contributed by atoms with Gasteiger partial charge in [0, 0.05) is 25.0 Å². The summed E-state index contributed by atoms with van der Waals surface area (Å²) in [5.41, 5.74) is 0. The molecule has 1 aliphatic heterocycles. The average Bonchev–Trinajstić information content (AvgIpc) is 2.92. The highest BCUT2D eigenvalue weighted by Gasteiger charge is 2.68. The van der Waals surface area contributed by atoms with Gasteiger partial charge >= 0.3 is 0 Å². The molecule has 1 amide bonds. The molecule has 5 unspecified atom stereocenters. The van der Waals surface area contributed by atoms with Gasteiger partial charge in [0.1, 0.15) is 0 Å². The monoisotopic (exact) mass is 276 g/mol. The first kappa shape index (κ1) is 13.1. The van der Waals surface area contributed by atoms with Crippen molar-refractivity contribution in [1.29, 1.82) is 0 Å². The van der Waals surface area contributed by atoms with Crippen LogP contribution < -0.4 is 5.32 Å². The minimum Gasteiger partial charge on any atom is -0.338 e. The lowest BCUT2D eigenvalue weighted by Gasteiger charge is -2.35. The number of amides is 1. The fourth-order valence-corrected chi connectivity index (χ4v) is 5.66. The van der Waals surface area contributed by atoms with Crippen molar-refractivity contribution < 1.29 is 4.79 Å². The highest BCUT2D eigenvalue weighted by atomic mass is 16.2. The van der Waals surface area contributed by atoms with Crippen LogP contribution in [0.1, 0.15) is 45.4 Å². The number of nitrogens with one attached hydrogen (secondary N) is 1. The van der Waals surface area contributed by atoms with Gasteiger partial charge in [0.25, 0.3) is 0 Å². The Morgan fingerprint density at radius 3 is 2.55 bits per heavy atom. The Hall–Kier alpha value is -0.570. The van der Waals surface area contributed by atoms with Crippen LogP contribution in [0.5, 0.6) is 0 Å². The third-order valence-corrected chi connectivity index (χ3v) is 6.48. The van der Waals surface area contributed by atoms with E-state index in [0.29, 0.717) is 17.9 Å². The minimum atomic E-state index is 0.426. The number of nitrogens with zero attached hydrogens (tertiary/aromatic N) is 1. The molecule has 0 spiro atoms. The molecule has 2 bridgehead atoms. The van der Waals surface area contributed by atoms with E-state index in [1.807, 2.05) is 0 Å². The summed E-state index contributed by atoms with van der Waals surface area (Å²) in [5, 5.41) is 3.47. The van der Waals surface area contributed by atoms with Crippen LogP contribution in [0, 0.1) is 29.6 Å². The second-order valence-electron chi connectivity index (χ2n) is 7.55. The summed E-state index contributed by atoms with van der Waals surface area (Å²) in [6.07, 6.45) is 7.78. The van der Waals surface area contributed by atoms with Crippen LogP contribution in [0.2, 0.25) is 0 Å². The van der Waals surface area contributed by atoms with Crippen molar-refractivity contribution in [2.45, 2.75) is 51.5 Å². The summed E-state index contributed by atoms with van der Waals surface area (Å²) < 4.78 is 0. The van der Waals surface area contributed by atoms with Gasteiger partial charge in [-0.05, 0) is 68.7 Å². The van der Waals surface area contributed by atoms with Gasteiger partial charge in [0.05, 0.1) is 0 Å². The average molecular weight is 276 g/mol. The van der Waals surface area contributed by atoms with Gasteiger partial charge in [0.15, 0.2) is 0 Å². The molecule has 3 nitrogen and oxygen atoms in total. The molecule has 0 radical (unpaired) electrons. The molecule has 1 saturated heterocycles. The summed E-state index contributed by atoms with van der Waals surface area (Å²) >= 11 is 0. The van der Waals surface area contributed by atoms with Gasteiger partial charge in [-0.1, -0.05) is 6.92 Å². The molecule has 5 atom stereocenters. The van der Waals surface area contributed by atoms with E-state index in [2.05, 4.69) is 17.1 Å². The van der Waals surface area contributed by atoms with Crippen LogP contribution in [0.15, 0.2) is 0 Å². The molecule has 0 aromatic heterocycles. The quantitative estimate of drug-likeness (QED) is 0.854. The van der Waals surface area contributed by atoms with E-state index in [4.69, 9.17) is 0 Å². The van der Waals surface area contributed by atoms with E-state index in [0.717, 1.165) is 49.7 Å². The molecule has 112 valence electrons. The first-order valence-electron chi connectivity index (χ1n) is 8.82. The van der Waals surface area contributed by atoms with Crippen LogP contribution in [0.25, 0.3) is 0 Å². The number of rotatable bonds is 4. The number of hydrogen-bond acceptors (Lipinski definition) is 2.